The van der Waals surface area contributed by atoms with Crippen LogP contribution in [0, 0.1) is 0 Å². The molecule has 2 heteroatoms. The monoisotopic (exact) mass is 191 g/mol. The summed E-state index contributed by atoms with van der Waals surface area (Å²) in [7, 11) is 0. The third-order valence-corrected chi connectivity index (χ3v) is 2.36. The van der Waals surface area contributed by atoms with Crippen LogP contribution >= 0.6 is 0 Å². The Balaban J connectivity index is 2.79. The minimum atomic E-state index is 0.130. The second-order valence-corrected chi connectivity index (χ2v) is 3.81. The van der Waals surface area contributed by atoms with Crippen LogP contribution in [0.25, 0.3) is 0 Å². The fraction of sp³-hybridized carbons (Fsp3) is 0.417. The molecule has 1 saturated heterocycles. The van der Waals surface area contributed by atoms with Crippen LogP contribution in [0.3, 0.4) is 0 Å². The molecule has 0 aromatic heterocycles. The van der Waals surface area contributed by atoms with Gasteiger partial charge in [0, 0.05) is 20.0 Å². The average molecular weight is 191 g/mol. The molecule has 1 amide bonds. The molecule has 0 atom stereocenters. The number of allylic oxidation sites excluding steroid dienone is 2. The zero-order valence-corrected chi connectivity index (χ0v) is 8.97. The van der Waals surface area contributed by atoms with Crippen molar-refractivity contribution >= 4 is 5.91 Å². The number of likely N-dealkylation sites (tertiary alicyclic amines) is 1. The molecule has 0 bridgehead atoms. The van der Waals surface area contributed by atoms with Crippen molar-refractivity contribution in [3.05, 3.63) is 36.0 Å². The van der Waals surface area contributed by atoms with Gasteiger partial charge >= 0.3 is 0 Å². The van der Waals surface area contributed by atoms with Crippen molar-refractivity contribution in [3.63, 3.8) is 0 Å². The van der Waals surface area contributed by atoms with Gasteiger partial charge in [-0.1, -0.05) is 24.8 Å². The summed E-state index contributed by atoms with van der Waals surface area (Å²) in [5.74, 6) is 0.130. The highest BCUT2D eigenvalue weighted by molar-refractivity contribution is 5.74. The van der Waals surface area contributed by atoms with Gasteiger partial charge in [-0.25, -0.2) is 0 Å². The molecule has 14 heavy (non-hydrogen) atoms. The Bertz CT molecular complexity index is 312. The molecule has 1 fully saturated rings. The number of hydrogen-bond donors (Lipinski definition) is 0. The Morgan fingerprint density at radius 1 is 1.50 bits per heavy atom. The van der Waals surface area contributed by atoms with Gasteiger partial charge in [-0.2, -0.15) is 0 Å². The summed E-state index contributed by atoms with van der Waals surface area (Å²) in [4.78, 5) is 13.0. The maximum Gasteiger partial charge on any atom is 0.219 e. The lowest BCUT2D eigenvalue weighted by Gasteiger charge is -2.29. The van der Waals surface area contributed by atoms with Gasteiger partial charge in [0.25, 0.3) is 0 Å². The molecule has 1 rings (SSSR count). The number of rotatable bonds is 1. The molecule has 2 nitrogen and oxygen atoms in total. The van der Waals surface area contributed by atoms with Crippen molar-refractivity contribution in [1.82, 2.24) is 4.90 Å². The van der Waals surface area contributed by atoms with E-state index in [1.54, 1.807) is 6.92 Å². The van der Waals surface area contributed by atoms with E-state index in [9.17, 15) is 4.79 Å². The van der Waals surface area contributed by atoms with Crippen molar-refractivity contribution in [3.8, 4) is 0 Å². The van der Waals surface area contributed by atoms with Gasteiger partial charge in [-0.05, 0) is 24.5 Å². The highest BCUT2D eigenvalue weighted by atomic mass is 16.2. The zero-order chi connectivity index (χ0) is 10.7. The Morgan fingerprint density at radius 2 is 2.14 bits per heavy atom. The Morgan fingerprint density at radius 3 is 2.64 bits per heavy atom. The topological polar surface area (TPSA) is 20.3 Å². The molecular formula is C12H17NO. The first-order valence-corrected chi connectivity index (χ1v) is 4.80. The number of nitrogens with zero attached hydrogens (tertiary/aromatic N) is 1. The van der Waals surface area contributed by atoms with E-state index in [-0.39, 0.29) is 5.91 Å². The van der Waals surface area contributed by atoms with E-state index in [0.29, 0.717) is 6.54 Å². The van der Waals surface area contributed by atoms with Crippen LogP contribution in [0.1, 0.15) is 20.3 Å². The second kappa shape index (κ2) is 4.27. The maximum absolute atomic E-state index is 11.2. The number of carbonyl (C=O) groups excluding carboxylic acids is 1. The minimum absolute atomic E-state index is 0.130. The third kappa shape index (κ3) is 2.59. The summed E-state index contributed by atoms with van der Waals surface area (Å²) in [6.07, 6.45) is 2.89. The molecule has 76 valence electrons. The fourth-order valence-electron chi connectivity index (χ4n) is 1.54. The van der Waals surface area contributed by atoms with Crippen molar-refractivity contribution in [2.75, 3.05) is 13.1 Å². The van der Waals surface area contributed by atoms with Gasteiger partial charge in [0.05, 0.1) is 0 Å². The molecule has 1 heterocycles. The van der Waals surface area contributed by atoms with E-state index >= 15 is 0 Å². The van der Waals surface area contributed by atoms with Crippen LogP contribution in [0.2, 0.25) is 0 Å². The van der Waals surface area contributed by atoms with Crippen LogP contribution in [-0.4, -0.2) is 23.9 Å². The molecular weight excluding hydrogens is 174 g/mol. The molecule has 0 aromatic rings. The van der Waals surface area contributed by atoms with Gasteiger partial charge in [0.1, 0.15) is 0 Å². The van der Waals surface area contributed by atoms with Gasteiger partial charge < -0.3 is 4.90 Å². The third-order valence-electron chi connectivity index (χ3n) is 2.36. The predicted molar refractivity (Wildman–Crippen MR) is 58.9 cm³/mol. The molecule has 0 aliphatic carbocycles. The fourth-order valence-corrected chi connectivity index (χ4v) is 1.54. The number of piperidine rings is 1. The van der Waals surface area contributed by atoms with Gasteiger partial charge in [-0.15, -0.1) is 0 Å². The van der Waals surface area contributed by atoms with E-state index in [4.69, 9.17) is 0 Å². The first-order chi connectivity index (χ1) is 6.50. The summed E-state index contributed by atoms with van der Waals surface area (Å²) in [6, 6.07) is 0. The average Bonchev–Trinajstić information content (AvgIpc) is 2.07. The molecule has 0 N–H and O–H groups in total. The smallest absolute Gasteiger partial charge is 0.219 e. The SMILES string of the molecule is C=C(C)/C=C1/CN(C(C)=O)CCC1=C. The van der Waals surface area contributed by atoms with Crippen molar-refractivity contribution < 1.29 is 4.79 Å². The van der Waals surface area contributed by atoms with Gasteiger partial charge in [0.15, 0.2) is 0 Å². The Labute approximate surface area is 85.6 Å². The van der Waals surface area contributed by atoms with E-state index in [1.807, 2.05) is 17.9 Å². The van der Waals surface area contributed by atoms with Crippen LogP contribution in [-0.2, 0) is 4.79 Å². The summed E-state index contributed by atoms with van der Waals surface area (Å²) < 4.78 is 0. The molecule has 0 radical (unpaired) electrons. The Kier molecular flexibility index (Phi) is 3.28. The zero-order valence-electron chi connectivity index (χ0n) is 8.97. The molecule has 0 spiro atoms. The number of hydrogen-bond acceptors (Lipinski definition) is 1. The first-order valence-electron chi connectivity index (χ1n) is 4.80. The lowest BCUT2D eigenvalue weighted by atomic mass is 9.98. The quantitative estimate of drug-likeness (QED) is 0.622. The van der Waals surface area contributed by atoms with Crippen molar-refractivity contribution in [2.24, 2.45) is 0 Å². The molecule has 0 unspecified atom stereocenters. The largest absolute Gasteiger partial charge is 0.338 e. The van der Waals surface area contributed by atoms with Crippen LogP contribution in [0.15, 0.2) is 36.0 Å². The molecule has 1 aliphatic heterocycles. The number of carbonyl (C=O) groups is 1. The lowest BCUT2D eigenvalue weighted by molar-refractivity contribution is -0.128. The van der Waals surface area contributed by atoms with Crippen LogP contribution in [0.4, 0.5) is 0 Å². The van der Waals surface area contributed by atoms with Crippen molar-refractivity contribution in [2.45, 2.75) is 20.3 Å². The highest BCUT2D eigenvalue weighted by Crippen LogP contribution is 2.21. The molecule has 0 aromatic carbocycles. The molecule has 0 saturated carbocycles. The summed E-state index contributed by atoms with van der Waals surface area (Å²) in [5.41, 5.74) is 3.27. The van der Waals surface area contributed by atoms with Gasteiger partial charge in [-0.3, -0.25) is 4.79 Å². The lowest BCUT2D eigenvalue weighted by Crippen LogP contribution is -2.35. The van der Waals surface area contributed by atoms with Gasteiger partial charge in [0.2, 0.25) is 5.91 Å². The standard InChI is InChI=1S/C12H17NO/c1-9(2)7-12-8-13(11(4)14)6-5-10(12)3/h7H,1,3,5-6,8H2,2,4H3/b12-7-. The highest BCUT2D eigenvalue weighted by Gasteiger charge is 2.18. The summed E-state index contributed by atoms with van der Waals surface area (Å²) in [6.45, 7) is 12.9. The Hall–Kier alpha value is -1.31. The van der Waals surface area contributed by atoms with Crippen LogP contribution in [0.5, 0.6) is 0 Å². The molecule has 1 aliphatic rings. The number of amides is 1. The summed E-state index contributed by atoms with van der Waals surface area (Å²) >= 11 is 0. The maximum atomic E-state index is 11.2. The van der Waals surface area contributed by atoms with E-state index in [2.05, 4.69) is 13.2 Å². The van der Waals surface area contributed by atoms with Crippen LogP contribution < -0.4 is 0 Å². The normalized spacial score (nSPS) is 20.0. The summed E-state index contributed by atoms with van der Waals surface area (Å²) in [5, 5.41) is 0. The first kappa shape index (κ1) is 10.8. The minimum Gasteiger partial charge on any atom is -0.338 e. The van der Waals surface area contributed by atoms with Crippen molar-refractivity contribution in [1.29, 1.82) is 0 Å². The second-order valence-electron chi connectivity index (χ2n) is 3.81. The predicted octanol–water partition coefficient (Wildman–Crippen LogP) is 2.30. The van der Waals surface area contributed by atoms with E-state index in [1.165, 1.54) is 0 Å². The van der Waals surface area contributed by atoms with E-state index in [0.717, 1.165) is 29.7 Å². The van der Waals surface area contributed by atoms with E-state index < -0.39 is 0 Å².